The summed E-state index contributed by atoms with van der Waals surface area (Å²) in [7, 11) is 0. The minimum absolute atomic E-state index is 0.779. The van der Waals surface area contributed by atoms with Crippen LogP contribution >= 0.6 is 0 Å². The standard InChI is InChI=1S/C12H14/c1-9-7-12(9)8-11(12)10-5-3-2-4-6-10/h2-6,9,11H,7-8H2,1H3/t9?,11?,12-/m1/s1. The molecule has 2 aliphatic carbocycles. The molecule has 2 saturated carbocycles. The lowest BCUT2D eigenvalue weighted by Crippen LogP contribution is -1.82. The fourth-order valence-corrected chi connectivity index (χ4v) is 2.74. The van der Waals surface area contributed by atoms with Crippen molar-refractivity contribution in [3.63, 3.8) is 0 Å². The van der Waals surface area contributed by atoms with Crippen LogP contribution in [-0.2, 0) is 0 Å². The first kappa shape index (κ1) is 6.71. The van der Waals surface area contributed by atoms with Gasteiger partial charge in [-0.05, 0) is 35.7 Å². The Bertz CT molecular complexity index is 301. The molecular weight excluding hydrogens is 144 g/mol. The lowest BCUT2D eigenvalue weighted by molar-refractivity contribution is 0.738. The van der Waals surface area contributed by atoms with Gasteiger partial charge < -0.3 is 0 Å². The molecule has 0 heteroatoms. The Morgan fingerprint density at radius 2 is 1.83 bits per heavy atom. The van der Waals surface area contributed by atoms with E-state index in [1.165, 1.54) is 12.8 Å². The quantitative estimate of drug-likeness (QED) is 0.588. The second-order valence-corrected chi connectivity index (χ2v) is 4.51. The van der Waals surface area contributed by atoms with E-state index in [-0.39, 0.29) is 0 Å². The van der Waals surface area contributed by atoms with E-state index in [9.17, 15) is 0 Å². The van der Waals surface area contributed by atoms with Crippen LogP contribution < -0.4 is 0 Å². The molecule has 3 rings (SSSR count). The number of rotatable bonds is 1. The van der Waals surface area contributed by atoms with Crippen LogP contribution in [0.1, 0.15) is 31.2 Å². The van der Waals surface area contributed by atoms with Gasteiger partial charge in [-0.25, -0.2) is 0 Å². The first-order valence-corrected chi connectivity index (χ1v) is 4.88. The molecule has 2 aliphatic rings. The van der Waals surface area contributed by atoms with Crippen LogP contribution in [0, 0.1) is 11.3 Å². The Kier molecular flexibility index (Phi) is 1.08. The van der Waals surface area contributed by atoms with Crippen LogP contribution in [0.5, 0.6) is 0 Å². The summed E-state index contributed by atoms with van der Waals surface area (Å²) in [5, 5.41) is 0. The molecule has 2 unspecified atom stereocenters. The molecule has 1 aromatic carbocycles. The Balaban J connectivity index is 1.86. The average Bonchev–Trinajstić information content (AvgIpc) is 2.96. The molecule has 62 valence electrons. The molecule has 0 saturated heterocycles. The van der Waals surface area contributed by atoms with Crippen molar-refractivity contribution in [2.24, 2.45) is 11.3 Å². The van der Waals surface area contributed by atoms with Crippen molar-refractivity contribution >= 4 is 0 Å². The molecule has 0 heterocycles. The van der Waals surface area contributed by atoms with Gasteiger partial charge in [-0.2, -0.15) is 0 Å². The highest BCUT2D eigenvalue weighted by Gasteiger charge is 2.68. The summed E-state index contributed by atoms with van der Waals surface area (Å²) in [4.78, 5) is 0. The Labute approximate surface area is 73.6 Å². The summed E-state index contributed by atoms with van der Waals surface area (Å²) in [5.74, 6) is 1.91. The lowest BCUT2D eigenvalue weighted by atomic mass is 10.1. The summed E-state index contributed by atoms with van der Waals surface area (Å²) >= 11 is 0. The van der Waals surface area contributed by atoms with Crippen LogP contribution in [0.15, 0.2) is 30.3 Å². The van der Waals surface area contributed by atoms with Gasteiger partial charge in [0.2, 0.25) is 0 Å². The molecule has 12 heavy (non-hydrogen) atoms. The van der Waals surface area contributed by atoms with Gasteiger partial charge in [-0.1, -0.05) is 37.3 Å². The molecule has 0 bridgehead atoms. The topological polar surface area (TPSA) is 0 Å². The second-order valence-electron chi connectivity index (χ2n) is 4.51. The molecule has 0 N–H and O–H groups in total. The molecule has 2 fully saturated rings. The van der Waals surface area contributed by atoms with Gasteiger partial charge in [-0.15, -0.1) is 0 Å². The molecular formula is C12H14. The van der Waals surface area contributed by atoms with E-state index in [1.807, 2.05) is 0 Å². The Morgan fingerprint density at radius 3 is 2.33 bits per heavy atom. The fourth-order valence-electron chi connectivity index (χ4n) is 2.74. The number of hydrogen-bond acceptors (Lipinski definition) is 0. The van der Waals surface area contributed by atoms with Gasteiger partial charge in [0.25, 0.3) is 0 Å². The number of benzene rings is 1. The third-order valence-electron chi connectivity index (χ3n) is 3.83. The SMILES string of the molecule is CC1C[C@@]12CC2c1ccccc1. The largest absolute Gasteiger partial charge is 0.0622 e. The Hall–Kier alpha value is -0.780. The van der Waals surface area contributed by atoms with Crippen LogP contribution in [-0.4, -0.2) is 0 Å². The van der Waals surface area contributed by atoms with Gasteiger partial charge in [0, 0.05) is 0 Å². The van der Waals surface area contributed by atoms with Crippen LogP contribution in [0.2, 0.25) is 0 Å². The van der Waals surface area contributed by atoms with E-state index in [2.05, 4.69) is 37.3 Å². The minimum atomic E-state index is 0.779. The van der Waals surface area contributed by atoms with Crippen LogP contribution in [0.25, 0.3) is 0 Å². The van der Waals surface area contributed by atoms with Gasteiger partial charge in [-0.3, -0.25) is 0 Å². The molecule has 1 aromatic rings. The molecule has 0 amide bonds. The summed E-state index contributed by atoms with van der Waals surface area (Å²) in [5.41, 5.74) is 2.35. The molecule has 0 aliphatic heterocycles. The highest BCUT2D eigenvalue weighted by molar-refractivity contribution is 5.35. The Morgan fingerprint density at radius 1 is 1.17 bits per heavy atom. The zero-order valence-corrected chi connectivity index (χ0v) is 7.46. The van der Waals surface area contributed by atoms with Crippen molar-refractivity contribution in [3.05, 3.63) is 35.9 Å². The predicted octanol–water partition coefficient (Wildman–Crippen LogP) is 3.20. The summed E-state index contributed by atoms with van der Waals surface area (Å²) in [6, 6.07) is 11.0. The van der Waals surface area contributed by atoms with E-state index in [0.717, 1.165) is 17.3 Å². The smallest absolute Gasteiger partial charge is 0.00969 e. The highest BCUT2D eigenvalue weighted by atomic mass is 14.7. The van der Waals surface area contributed by atoms with Gasteiger partial charge in [0.15, 0.2) is 0 Å². The van der Waals surface area contributed by atoms with Crippen molar-refractivity contribution in [1.82, 2.24) is 0 Å². The number of hydrogen-bond donors (Lipinski definition) is 0. The lowest BCUT2D eigenvalue weighted by Gasteiger charge is -1.96. The van der Waals surface area contributed by atoms with Crippen LogP contribution in [0.3, 0.4) is 0 Å². The maximum absolute atomic E-state index is 2.39. The summed E-state index contributed by atoms with van der Waals surface area (Å²) in [6.07, 6.45) is 2.94. The van der Waals surface area contributed by atoms with Crippen molar-refractivity contribution in [2.75, 3.05) is 0 Å². The first-order chi connectivity index (χ1) is 5.83. The van der Waals surface area contributed by atoms with Gasteiger partial charge >= 0.3 is 0 Å². The first-order valence-electron chi connectivity index (χ1n) is 4.88. The fraction of sp³-hybridized carbons (Fsp3) is 0.500. The molecule has 3 atom stereocenters. The van der Waals surface area contributed by atoms with E-state index in [4.69, 9.17) is 0 Å². The van der Waals surface area contributed by atoms with Crippen molar-refractivity contribution < 1.29 is 0 Å². The van der Waals surface area contributed by atoms with Crippen molar-refractivity contribution in [3.8, 4) is 0 Å². The molecule has 0 nitrogen and oxygen atoms in total. The maximum atomic E-state index is 2.39. The highest BCUT2D eigenvalue weighted by Crippen LogP contribution is 2.78. The van der Waals surface area contributed by atoms with Gasteiger partial charge in [0.05, 0.1) is 0 Å². The van der Waals surface area contributed by atoms with Crippen molar-refractivity contribution in [2.45, 2.75) is 25.7 Å². The zero-order valence-electron chi connectivity index (χ0n) is 7.46. The average molecular weight is 158 g/mol. The third kappa shape index (κ3) is 0.730. The maximum Gasteiger partial charge on any atom is -0.00969 e. The monoisotopic (exact) mass is 158 g/mol. The van der Waals surface area contributed by atoms with E-state index in [0.29, 0.717) is 0 Å². The minimum Gasteiger partial charge on any atom is -0.0622 e. The molecule has 0 aromatic heterocycles. The van der Waals surface area contributed by atoms with E-state index < -0.39 is 0 Å². The summed E-state index contributed by atoms with van der Waals surface area (Å²) in [6.45, 7) is 2.39. The molecule has 1 spiro atoms. The normalized spacial score (nSPS) is 43.1. The van der Waals surface area contributed by atoms with E-state index >= 15 is 0 Å². The third-order valence-corrected chi connectivity index (χ3v) is 3.83. The van der Waals surface area contributed by atoms with E-state index in [1.54, 1.807) is 5.56 Å². The predicted molar refractivity (Wildman–Crippen MR) is 50.0 cm³/mol. The van der Waals surface area contributed by atoms with Gasteiger partial charge in [0.1, 0.15) is 0 Å². The van der Waals surface area contributed by atoms with Crippen molar-refractivity contribution in [1.29, 1.82) is 0 Å². The summed E-state index contributed by atoms with van der Waals surface area (Å²) < 4.78 is 0. The molecule has 0 radical (unpaired) electrons. The second kappa shape index (κ2) is 1.93. The zero-order chi connectivity index (χ0) is 8.18. The van der Waals surface area contributed by atoms with Crippen LogP contribution in [0.4, 0.5) is 0 Å².